The maximum Gasteiger partial charge on any atom is 0.0990 e. The lowest BCUT2D eigenvalue weighted by molar-refractivity contribution is 0.380. The van der Waals surface area contributed by atoms with E-state index in [-0.39, 0.29) is 0 Å². The molecule has 1 fully saturated rings. The fraction of sp³-hybridized carbons (Fsp3) is 0.600. The fourth-order valence-electron chi connectivity index (χ4n) is 2.70. The van der Waals surface area contributed by atoms with Crippen LogP contribution in [-0.4, -0.2) is 22.8 Å². The second kappa shape index (κ2) is 5.98. The predicted octanol–water partition coefficient (Wildman–Crippen LogP) is 3.38. The smallest absolute Gasteiger partial charge is 0.0990 e. The van der Waals surface area contributed by atoms with E-state index >= 15 is 0 Å². The van der Waals surface area contributed by atoms with E-state index in [9.17, 15) is 0 Å². The van der Waals surface area contributed by atoms with Gasteiger partial charge in [0.2, 0.25) is 0 Å². The molecule has 0 bridgehead atoms. The number of rotatable bonds is 3. The Hall–Kier alpha value is -1.38. The van der Waals surface area contributed by atoms with Gasteiger partial charge >= 0.3 is 0 Å². The minimum absolute atomic E-state index is 0.466. The number of nitrogens with zero attached hydrogens (tertiary/aromatic N) is 2. The monoisotopic (exact) mass is 245 g/mol. The van der Waals surface area contributed by atoms with Gasteiger partial charge in [0.1, 0.15) is 0 Å². The van der Waals surface area contributed by atoms with Crippen molar-refractivity contribution in [3.63, 3.8) is 0 Å². The molecule has 1 aromatic heterocycles. The van der Waals surface area contributed by atoms with Gasteiger partial charge in [-0.05, 0) is 31.9 Å². The van der Waals surface area contributed by atoms with Gasteiger partial charge in [0.05, 0.1) is 18.1 Å². The van der Waals surface area contributed by atoms with Crippen LogP contribution in [0.5, 0.6) is 0 Å². The molecule has 0 atom stereocenters. The molecule has 18 heavy (non-hydrogen) atoms. The lowest BCUT2D eigenvalue weighted by atomic mass is 9.88. The van der Waals surface area contributed by atoms with Crippen molar-refractivity contribution in [1.29, 1.82) is 5.41 Å². The quantitative estimate of drug-likeness (QED) is 0.655. The maximum atomic E-state index is 8.29. The molecule has 0 amide bonds. The van der Waals surface area contributed by atoms with Crippen LogP contribution in [0.4, 0.5) is 0 Å². The summed E-state index contributed by atoms with van der Waals surface area (Å²) in [6.45, 7) is 2.76. The minimum atomic E-state index is 0.466. The Morgan fingerprint density at radius 1 is 1.33 bits per heavy atom. The second-order valence-electron chi connectivity index (χ2n) is 5.35. The number of hydrogen-bond acceptors (Lipinski definition) is 2. The lowest BCUT2D eigenvalue weighted by Gasteiger charge is -2.29. The first-order valence-corrected chi connectivity index (χ1v) is 6.89. The molecule has 0 spiro atoms. The molecule has 0 aliphatic heterocycles. The predicted molar refractivity (Wildman–Crippen MR) is 74.7 cm³/mol. The zero-order valence-corrected chi connectivity index (χ0v) is 11.4. The Balaban J connectivity index is 1.94. The highest BCUT2D eigenvalue weighted by molar-refractivity contribution is 5.81. The van der Waals surface area contributed by atoms with Crippen LogP contribution < -0.4 is 0 Å². The fourth-order valence-corrected chi connectivity index (χ4v) is 2.70. The first-order valence-electron chi connectivity index (χ1n) is 6.89. The first-order chi connectivity index (χ1) is 8.66. The molecule has 0 saturated heterocycles. The average Bonchev–Trinajstić information content (AvgIpc) is 2.39. The molecule has 1 heterocycles. The Morgan fingerprint density at radius 2 is 2.06 bits per heavy atom. The van der Waals surface area contributed by atoms with Crippen molar-refractivity contribution < 1.29 is 0 Å². The van der Waals surface area contributed by atoms with Crippen LogP contribution in [0.15, 0.2) is 18.2 Å². The zero-order valence-electron chi connectivity index (χ0n) is 11.4. The van der Waals surface area contributed by atoms with Crippen molar-refractivity contribution in [3.05, 3.63) is 29.6 Å². The number of aryl methyl sites for hydroxylation is 1. The van der Waals surface area contributed by atoms with Crippen LogP contribution in [0.3, 0.4) is 0 Å². The van der Waals surface area contributed by atoms with Crippen molar-refractivity contribution in [1.82, 2.24) is 9.88 Å². The van der Waals surface area contributed by atoms with Gasteiger partial charge in [0, 0.05) is 18.7 Å². The topological polar surface area (TPSA) is 40.0 Å². The first kappa shape index (κ1) is 13.1. The van der Waals surface area contributed by atoms with E-state index in [1.54, 1.807) is 0 Å². The molecule has 1 aromatic rings. The summed E-state index contributed by atoms with van der Waals surface area (Å²) < 4.78 is 0. The summed E-state index contributed by atoms with van der Waals surface area (Å²) in [7, 11) is 2.01. The largest absolute Gasteiger partial charge is 0.357 e. The third-order valence-corrected chi connectivity index (χ3v) is 3.75. The van der Waals surface area contributed by atoms with Gasteiger partial charge in [-0.15, -0.1) is 0 Å². The van der Waals surface area contributed by atoms with Gasteiger partial charge in [0.25, 0.3) is 0 Å². The normalized spacial score (nSPS) is 16.6. The zero-order chi connectivity index (χ0) is 13.0. The molecule has 98 valence electrons. The maximum absolute atomic E-state index is 8.29. The van der Waals surface area contributed by atoms with Crippen molar-refractivity contribution in [2.75, 3.05) is 7.05 Å². The molecule has 1 N–H and O–H groups in total. The minimum Gasteiger partial charge on any atom is -0.357 e. The average molecular weight is 245 g/mol. The van der Waals surface area contributed by atoms with E-state index in [0.29, 0.717) is 5.92 Å². The third kappa shape index (κ3) is 3.31. The summed E-state index contributed by atoms with van der Waals surface area (Å²) in [5.41, 5.74) is 2.10. The Bertz CT molecular complexity index is 408. The van der Waals surface area contributed by atoms with E-state index in [1.807, 2.05) is 32.2 Å². The molecule has 2 rings (SSSR count). The SMILES string of the molecule is Cc1cccc(CN(C)C(=N)C2CCCCC2)n1. The van der Waals surface area contributed by atoms with Crippen LogP contribution in [0.2, 0.25) is 0 Å². The van der Waals surface area contributed by atoms with E-state index in [4.69, 9.17) is 5.41 Å². The van der Waals surface area contributed by atoms with E-state index in [2.05, 4.69) is 9.88 Å². The number of pyridine rings is 1. The summed E-state index contributed by atoms with van der Waals surface area (Å²) in [4.78, 5) is 6.56. The third-order valence-electron chi connectivity index (χ3n) is 3.75. The molecule has 3 heteroatoms. The van der Waals surface area contributed by atoms with Gasteiger partial charge in [-0.1, -0.05) is 25.3 Å². The summed E-state index contributed by atoms with van der Waals surface area (Å²) >= 11 is 0. The van der Waals surface area contributed by atoms with E-state index in [0.717, 1.165) is 23.8 Å². The Kier molecular flexibility index (Phi) is 4.34. The lowest BCUT2D eigenvalue weighted by Crippen LogP contribution is -2.33. The summed E-state index contributed by atoms with van der Waals surface area (Å²) in [6, 6.07) is 6.09. The van der Waals surface area contributed by atoms with Crippen molar-refractivity contribution in [3.8, 4) is 0 Å². The summed E-state index contributed by atoms with van der Waals surface area (Å²) in [5.74, 6) is 1.26. The van der Waals surface area contributed by atoms with Crippen LogP contribution in [0, 0.1) is 18.3 Å². The standard InChI is InChI=1S/C15H23N3/c1-12-7-6-10-14(17-12)11-18(2)15(16)13-8-4-3-5-9-13/h6-7,10,13,16H,3-5,8-9,11H2,1-2H3. The second-order valence-corrected chi connectivity index (χ2v) is 5.35. The molecule has 1 aliphatic carbocycles. The molecule has 0 radical (unpaired) electrons. The number of hydrogen-bond donors (Lipinski definition) is 1. The number of aromatic nitrogens is 1. The van der Waals surface area contributed by atoms with Crippen molar-refractivity contribution in [2.45, 2.75) is 45.6 Å². The summed E-state index contributed by atoms with van der Waals surface area (Å²) in [6.07, 6.45) is 6.27. The highest BCUT2D eigenvalue weighted by Crippen LogP contribution is 2.25. The highest BCUT2D eigenvalue weighted by atomic mass is 15.1. The van der Waals surface area contributed by atoms with Crippen LogP contribution in [-0.2, 0) is 6.54 Å². The molecule has 0 aromatic carbocycles. The molecular formula is C15H23N3. The van der Waals surface area contributed by atoms with Gasteiger partial charge in [-0.2, -0.15) is 0 Å². The van der Waals surface area contributed by atoms with Crippen LogP contribution in [0.25, 0.3) is 0 Å². The molecule has 1 saturated carbocycles. The molecule has 3 nitrogen and oxygen atoms in total. The molecule has 0 unspecified atom stereocenters. The Morgan fingerprint density at radius 3 is 2.72 bits per heavy atom. The highest BCUT2D eigenvalue weighted by Gasteiger charge is 2.20. The van der Waals surface area contributed by atoms with E-state index < -0.39 is 0 Å². The van der Waals surface area contributed by atoms with Crippen molar-refractivity contribution >= 4 is 5.84 Å². The number of amidine groups is 1. The van der Waals surface area contributed by atoms with Crippen molar-refractivity contribution in [2.24, 2.45) is 5.92 Å². The van der Waals surface area contributed by atoms with Gasteiger partial charge in [-0.3, -0.25) is 10.4 Å². The van der Waals surface area contributed by atoms with Crippen LogP contribution >= 0.6 is 0 Å². The molecule has 1 aliphatic rings. The molecular weight excluding hydrogens is 222 g/mol. The van der Waals surface area contributed by atoms with Gasteiger partial charge in [-0.25, -0.2) is 0 Å². The van der Waals surface area contributed by atoms with Gasteiger partial charge < -0.3 is 4.90 Å². The Labute approximate surface area is 110 Å². The van der Waals surface area contributed by atoms with Crippen LogP contribution in [0.1, 0.15) is 43.5 Å². The number of nitrogens with one attached hydrogen (secondary N) is 1. The van der Waals surface area contributed by atoms with E-state index in [1.165, 1.54) is 32.1 Å². The summed E-state index contributed by atoms with van der Waals surface area (Å²) in [5, 5.41) is 8.29. The van der Waals surface area contributed by atoms with Gasteiger partial charge in [0.15, 0.2) is 0 Å².